The number of halogens is 3. The number of aromatic nitrogens is 1. The van der Waals surface area contributed by atoms with Crippen molar-refractivity contribution in [2.75, 3.05) is 0 Å². The predicted octanol–water partition coefficient (Wildman–Crippen LogP) is 7.16. The fraction of sp³-hybridized carbons (Fsp3) is 0.464. The van der Waals surface area contributed by atoms with Crippen LogP contribution in [0, 0.1) is 19.3 Å². The van der Waals surface area contributed by atoms with Crippen LogP contribution in [0.5, 0.6) is 0 Å². The molecular formula is C28H35F3NSi+. The van der Waals surface area contributed by atoms with Gasteiger partial charge in [-0.2, -0.15) is 13.2 Å². The normalized spacial score (nSPS) is 18.0. The van der Waals surface area contributed by atoms with Crippen molar-refractivity contribution in [3.63, 3.8) is 0 Å². The van der Waals surface area contributed by atoms with Gasteiger partial charge in [0.05, 0.1) is 25.4 Å². The second kappa shape index (κ2) is 8.26. The third-order valence-corrected chi connectivity index (χ3v) is 12.3. The third kappa shape index (κ3) is 4.89. The van der Waals surface area contributed by atoms with E-state index in [1.807, 2.05) is 31.7 Å². The highest BCUT2D eigenvalue weighted by molar-refractivity contribution is 6.91. The van der Waals surface area contributed by atoms with Gasteiger partial charge >= 0.3 is 6.18 Å². The van der Waals surface area contributed by atoms with Gasteiger partial charge in [-0.3, -0.25) is 0 Å². The second-order valence-corrected chi connectivity index (χ2v) is 15.9. The Morgan fingerprint density at radius 1 is 1.00 bits per heavy atom. The van der Waals surface area contributed by atoms with Crippen molar-refractivity contribution in [3.8, 4) is 11.3 Å². The van der Waals surface area contributed by atoms with Crippen LogP contribution in [-0.4, -0.2) is 14.3 Å². The highest BCUT2D eigenvalue weighted by atomic mass is 28.3. The Kier molecular flexibility index (Phi) is 6.01. The zero-order valence-electron chi connectivity index (χ0n) is 20.7. The van der Waals surface area contributed by atoms with E-state index in [1.165, 1.54) is 35.5 Å². The summed E-state index contributed by atoms with van der Waals surface area (Å²) in [6.07, 6.45) is -0.509. The van der Waals surface area contributed by atoms with Gasteiger partial charge in [0, 0.05) is 6.07 Å². The number of benzene rings is 2. The zero-order chi connectivity index (χ0) is 24.2. The fourth-order valence-corrected chi connectivity index (χ4v) is 9.64. The standard InChI is InChI=1S/C28H35F3NSi/c1-19-15-21(18-28(29,30)31)16-25(20(19)2)26-24-8-7-23(17-22(24)9-12-32(26)5)33(6)13-10-27(3,4)11-14-33/h7-9,12,15-17H,10-11,13-14,18H2,1-6H3/q+1. The summed E-state index contributed by atoms with van der Waals surface area (Å²) < 4.78 is 41.5. The molecule has 1 aliphatic rings. The SMILES string of the molecule is Cc1cc(CC(F)(F)F)cc(-c2c3ccc([Si]4(C)CCC(C)(C)CC4)cc3cc[n+]2C)c1C. The van der Waals surface area contributed by atoms with Crippen LogP contribution < -0.4 is 9.75 Å². The Morgan fingerprint density at radius 2 is 1.67 bits per heavy atom. The summed E-state index contributed by atoms with van der Waals surface area (Å²) in [6, 6.07) is 15.1. The quantitative estimate of drug-likeness (QED) is 0.282. The Hall–Kier alpha value is -2.14. The van der Waals surface area contributed by atoms with Crippen molar-refractivity contribution in [1.29, 1.82) is 0 Å². The van der Waals surface area contributed by atoms with Gasteiger partial charge in [-0.05, 0) is 53.5 Å². The van der Waals surface area contributed by atoms with Gasteiger partial charge in [-0.25, -0.2) is 4.57 Å². The lowest BCUT2D eigenvalue weighted by Crippen LogP contribution is -2.48. The van der Waals surface area contributed by atoms with E-state index in [0.29, 0.717) is 11.0 Å². The molecule has 5 heteroatoms. The first-order valence-corrected chi connectivity index (χ1v) is 14.8. The minimum atomic E-state index is -4.22. The topological polar surface area (TPSA) is 3.88 Å². The first-order valence-electron chi connectivity index (χ1n) is 11.9. The monoisotopic (exact) mass is 470 g/mol. The van der Waals surface area contributed by atoms with Gasteiger partial charge in [0.25, 0.3) is 0 Å². The molecule has 1 fully saturated rings. The molecule has 1 nitrogen and oxygen atoms in total. The fourth-order valence-electron chi connectivity index (χ4n) is 5.36. The number of hydrogen-bond acceptors (Lipinski definition) is 0. The van der Waals surface area contributed by atoms with Crippen LogP contribution in [0.1, 0.15) is 43.4 Å². The lowest BCUT2D eigenvalue weighted by atomic mass is 9.87. The van der Waals surface area contributed by atoms with Crippen LogP contribution in [-0.2, 0) is 13.5 Å². The molecule has 0 saturated carbocycles. The van der Waals surface area contributed by atoms with Crippen LogP contribution in [0.25, 0.3) is 22.0 Å². The molecule has 0 N–H and O–H groups in total. The predicted molar refractivity (Wildman–Crippen MR) is 134 cm³/mol. The molecule has 0 unspecified atom stereocenters. The largest absolute Gasteiger partial charge is 0.393 e. The Morgan fingerprint density at radius 3 is 2.30 bits per heavy atom. The molecule has 2 aromatic carbocycles. The number of rotatable bonds is 3. The molecule has 1 saturated heterocycles. The molecular weight excluding hydrogens is 435 g/mol. The molecule has 2 heterocycles. The van der Waals surface area contributed by atoms with Gasteiger partial charge in [0.15, 0.2) is 6.20 Å². The summed E-state index contributed by atoms with van der Waals surface area (Å²) in [7, 11) is 0.463. The van der Waals surface area contributed by atoms with E-state index in [-0.39, 0.29) is 0 Å². The lowest BCUT2D eigenvalue weighted by molar-refractivity contribution is -0.659. The second-order valence-electron chi connectivity index (χ2n) is 11.2. The number of hydrogen-bond donors (Lipinski definition) is 0. The van der Waals surface area contributed by atoms with E-state index >= 15 is 0 Å². The first kappa shape index (κ1) is 24.0. The molecule has 0 atom stereocenters. The highest BCUT2D eigenvalue weighted by Crippen LogP contribution is 2.41. The van der Waals surface area contributed by atoms with Gasteiger partial charge in [-0.15, -0.1) is 0 Å². The average molecular weight is 471 g/mol. The number of alkyl halides is 3. The summed E-state index contributed by atoms with van der Waals surface area (Å²) in [5.41, 5.74) is 4.56. The van der Waals surface area contributed by atoms with E-state index in [9.17, 15) is 13.2 Å². The van der Waals surface area contributed by atoms with E-state index in [0.717, 1.165) is 27.8 Å². The number of nitrogens with zero attached hydrogens (tertiary/aromatic N) is 1. The van der Waals surface area contributed by atoms with E-state index in [4.69, 9.17) is 0 Å². The van der Waals surface area contributed by atoms with Crippen molar-refractivity contribution in [3.05, 3.63) is 59.3 Å². The maximum absolute atomic E-state index is 13.1. The number of fused-ring (bicyclic) bond motifs is 1. The molecule has 3 aromatic rings. The van der Waals surface area contributed by atoms with E-state index < -0.39 is 20.7 Å². The number of aryl methyl sites for hydroxylation is 2. The van der Waals surface area contributed by atoms with Crippen LogP contribution in [0.15, 0.2) is 42.6 Å². The summed E-state index contributed by atoms with van der Waals surface area (Å²) in [5, 5.41) is 3.78. The summed E-state index contributed by atoms with van der Waals surface area (Å²) >= 11 is 0. The Labute approximate surface area is 196 Å². The van der Waals surface area contributed by atoms with Gasteiger partial charge in [-0.1, -0.05) is 68.7 Å². The highest BCUT2D eigenvalue weighted by Gasteiger charge is 2.38. The zero-order valence-corrected chi connectivity index (χ0v) is 21.7. The molecule has 33 heavy (non-hydrogen) atoms. The van der Waals surface area contributed by atoms with Crippen molar-refractivity contribution >= 4 is 24.0 Å². The number of pyridine rings is 1. The van der Waals surface area contributed by atoms with Crippen LogP contribution in [0.2, 0.25) is 18.6 Å². The molecule has 0 bridgehead atoms. The Bertz CT molecular complexity index is 1200. The van der Waals surface area contributed by atoms with Crippen LogP contribution in [0.3, 0.4) is 0 Å². The van der Waals surface area contributed by atoms with E-state index in [1.54, 1.807) is 12.1 Å². The smallest absolute Gasteiger partial charge is 0.200 e. The van der Waals surface area contributed by atoms with Crippen molar-refractivity contribution in [2.45, 2.75) is 71.8 Å². The van der Waals surface area contributed by atoms with Crippen LogP contribution in [0.4, 0.5) is 13.2 Å². The lowest BCUT2D eigenvalue weighted by Gasteiger charge is -2.40. The summed E-state index contributed by atoms with van der Waals surface area (Å²) in [5.74, 6) is 0. The molecule has 0 aliphatic carbocycles. The maximum atomic E-state index is 13.1. The summed E-state index contributed by atoms with van der Waals surface area (Å²) in [4.78, 5) is 0. The maximum Gasteiger partial charge on any atom is 0.393 e. The average Bonchev–Trinajstić information content (AvgIpc) is 2.72. The van der Waals surface area contributed by atoms with Gasteiger partial charge in [0.1, 0.15) is 7.05 Å². The molecule has 0 amide bonds. The Balaban J connectivity index is 1.83. The molecule has 176 valence electrons. The van der Waals surface area contributed by atoms with Crippen molar-refractivity contribution in [2.24, 2.45) is 12.5 Å². The summed E-state index contributed by atoms with van der Waals surface area (Å²) in [6.45, 7) is 11.2. The van der Waals surface area contributed by atoms with Crippen molar-refractivity contribution in [1.82, 2.24) is 0 Å². The van der Waals surface area contributed by atoms with Gasteiger partial charge in [0.2, 0.25) is 5.69 Å². The third-order valence-electron chi connectivity index (χ3n) is 7.93. The molecule has 0 radical (unpaired) electrons. The first-order chi connectivity index (χ1) is 15.3. The van der Waals surface area contributed by atoms with Crippen molar-refractivity contribution < 1.29 is 17.7 Å². The molecule has 1 aromatic heterocycles. The molecule has 1 aliphatic heterocycles. The minimum Gasteiger partial charge on any atom is -0.200 e. The minimum absolute atomic E-state index is 0.318. The molecule has 4 rings (SSSR count). The molecule has 0 spiro atoms. The van der Waals surface area contributed by atoms with Crippen LogP contribution >= 0.6 is 0 Å². The van der Waals surface area contributed by atoms with Gasteiger partial charge < -0.3 is 0 Å². The van der Waals surface area contributed by atoms with E-state index in [2.05, 4.69) is 44.7 Å².